The highest BCUT2D eigenvalue weighted by Gasteiger charge is 2.66. The minimum atomic E-state index is -4.40. The van der Waals surface area contributed by atoms with Gasteiger partial charge in [0.05, 0.1) is 11.5 Å². The van der Waals surface area contributed by atoms with Gasteiger partial charge >= 0.3 is 0 Å². The van der Waals surface area contributed by atoms with Crippen LogP contribution in [0.5, 0.6) is 0 Å². The third kappa shape index (κ3) is 5.99. The van der Waals surface area contributed by atoms with Gasteiger partial charge < -0.3 is 32.9 Å². The molecule has 3 aliphatic heterocycles. The van der Waals surface area contributed by atoms with Crippen molar-refractivity contribution in [3.05, 3.63) is 29.8 Å². The van der Waals surface area contributed by atoms with Crippen LogP contribution in [0.4, 0.5) is 0 Å². The van der Waals surface area contributed by atoms with Crippen molar-refractivity contribution in [2.45, 2.75) is 101 Å². The number of fused-ring (bicyclic) bond motifs is 1. The summed E-state index contributed by atoms with van der Waals surface area (Å²) in [5, 5.41) is 0. The molecule has 0 N–H and O–H groups in total. The summed E-state index contributed by atoms with van der Waals surface area (Å²) in [6, 6.07) is 4.72. The van der Waals surface area contributed by atoms with E-state index in [9.17, 15) is 13.0 Å². The summed E-state index contributed by atoms with van der Waals surface area (Å²) >= 11 is 0. The molecule has 0 aliphatic carbocycles. The molecule has 3 heterocycles. The number of hydrogen-bond donors (Lipinski definition) is 0. The summed E-state index contributed by atoms with van der Waals surface area (Å²) in [4.78, 5) is -0.0971. The molecule has 0 bridgehead atoms. The SMILES string of the molecule is CCOC(OCC)P1(=O)O[C@H]([C@H]2COC(C)(C)O2)[C@@H]2OC(C)(C)O[C@@H]2[C@@H]1OS(=O)(=O)c1ccc(C)cc1. The average molecular weight is 565 g/mol. The van der Waals surface area contributed by atoms with Crippen LogP contribution >= 0.6 is 7.37 Å². The molecule has 1 unspecified atom stereocenters. The number of hydrogen-bond acceptors (Lipinski definition) is 11. The molecule has 3 aliphatic rings. The molecule has 1 aromatic rings. The lowest BCUT2D eigenvalue weighted by Crippen LogP contribution is -2.56. The van der Waals surface area contributed by atoms with E-state index in [0.29, 0.717) is 0 Å². The molecule has 11 nitrogen and oxygen atoms in total. The van der Waals surface area contributed by atoms with Crippen LogP contribution in [0.1, 0.15) is 47.1 Å². The third-order valence-corrected chi connectivity index (χ3v) is 10.3. The Labute approximate surface area is 218 Å². The first-order valence-electron chi connectivity index (χ1n) is 12.4. The lowest BCUT2D eigenvalue weighted by molar-refractivity contribution is -0.176. The molecule has 0 spiro atoms. The number of benzene rings is 1. The minimum Gasteiger partial charge on any atom is -0.348 e. The topological polar surface area (TPSA) is 125 Å². The second-order valence-corrected chi connectivity index (χ2v) is 14.1. The van der Waals surface area contributed by atoms with Crippen molar-refractivity contribution in [3.8, 4) is 0 Å². The molecule has 0 radical (unpaired) electrons. The molecular weight excluding hydrogens is 527 g/mol. The van der Waals surface area contributed by atoms with Crippen molar-refractivity contribution in [2.24, 2.45) is 0 Å². The van der Waals surface area contributed by atoms with Crippen LogP contribution in [0.2, 0.25) is 0 Å². The molecule has 37 heavy (non-hydrogen) atoms. The zero-order valence-electron chi connectivity index (χ0n) is 22.2. The van der Waals surface area contributed by atoms with Crippen molar-refractivity contribution < 1.29 is 50.1 Å². The molecule has 0 aromatic heterocycles. The zero-order chi connectivity index (χ0) is 27.2. The van der Waals surface area contributed by atoms with Gasteiger partial charge in [0, 0.05) is 13.2 Å². The predicted molar refractivity (Wildman–Crippen MR) is 131 cm³/mol. The average Bonchev–Trinajstić information content (AvgIpc) is 3.33. The van der Waals surface area contributed by atoms with Crippen LogP contribution < -0.4 is 0 Å². The Hall–Kier alpha value is -0.920. The second kappa shape index (κ2) is 10.6. The number of rotatable bonds is 9. The fraction of sp³-hybridized carbons (Fsp3) is 0.750. The Kier molecular flexibility index (Phi) is 8.31. The van der Waals surface area contributed by atoms with Gasteiger partial charge in [-0.25, -0.2) is 4.18 Å². The Morgan fingerprint density at radius 3 is 2.08 bits per heavy atom. The van der Waals surface area contributed by atoms with Crippen LogP contribution in [0, 0.1) is 6.92 Å². The van der Waals surface area contributed by atoms with Gasteiger partial charge in [0.15, 0.2) is 17.4 Å². The smallest absolute Gasteiger partial charge is 0.297 e. The van der Waals surface area contributed by atoms with E-state index in [4.69, 9.17) is 37.1 Å². The highest BCUT2D eigenvalue weighted by Crippen LogP contribution is 2.66. The molecule has 3 saturated heterocycles. The van der Waals surface area contributed by atoms with Crippen LogP contribution in [-0.4, -0.2) is 76.1 Å². The van der Waals surface area contributed by atoms with E-state index in [0.717, 1.165) is 5.56 Å². The fourth-order valence-corrected chi connectivity index (χ4v) is 8.90. The summed E-state index contributed by atoms with van der Waals surface area (Å²) in [5.41, 5.74) is 0.872. The monoisotopic (exact) mass is 564 g/mol. The maximum absolute atomic E-state index is 14.8. The minimum absolute atomic E-state index is 0.0971. The van der Waals surface area contributed by atoms with Gasteiger partial charge in [0.1, 0.15) is 24.4 Å². The first-order chi connectivity index (χ1) is 17.2. The second-order valence-electron chi connectivity index (χ2n) is 10.1. The first kappa shape index (κ1) is 29.1. The first-order valence-corrected chi connectivity index (χ1v) is 15.6. The summed E-state index contributed by atoms with van der Waals surface area (Å²) in [6.07, 6.45) is -3.59. The maximum Gasteiger partial charge on any atom is 0.297 e. The fourth-order valence-electron chi connectivity index (χ4n) is 4.68. The van der Waals surface area contributed by atoms with E-state index in [1.54, 1.807) is 53.7 Å². The zero-order valence-corrected chi connectivity index (χ0v) is 24.0. The van der Waals surface area contributed by atoms with Crippen molar-refractivity contribution in [1.82, 2.24) is 0 Å². The Bertz CT molecular complexity index is 1100. The molecule has 210 valence electrons. The van der Waals surface area contributed by atoms with Crippen LogP contribution in [-0.2, 0) is 51.8 Å². The van der Waals surface area contributed by atoms with E-state index in [-0.39, 0.29) is 24.7 Å². The highest BCUT2D eigenvalue weighted by atomic mass is 32.2. The summed E-state index contributed by atoms with van der Waals surface area (Å²) in [7, 11) is -8.65. The van der Waals surface area contributed by atoms with E-state index < -0.39 is 65.4 Å². The molecule has 6 atom stereocenters. The summed E-state index contributed by atoms with van der Waals surface area (Å²) in [6.45, 7) is 12.5. The molecule has 3 fully saturated rings. The molecule has 13 heteroatoms. The largest absolute Gasteiger partial charge is 0.348 e. The Morgan fingerprint density at radius 1 is 0.946 bits per heavy atom. The van der Waals surface area contributed by atoms with Crippen molar-refractivity contribution in [3.63, 3.8) is 0 Å². The molecule has 4 rings (SSSR count). The van der Waals surface area contributed by atoms with Crippen LogP contribution in [0.25, 0.3) is 0 Å². The number of ether oxygens (including phenoxy) is 6. The normalized spacial score (nSPS) is 35.1. The van der Waals surface area contributed by atoms with E-state index in [2.05, 4.69) is 0 Å². The summed E-state index contributed by atoms with van der Waals surface area (Å²) < 4.78 is 88.9. The quantitative estimate of drug-likeness (QED) is 0.247. The van der Waals surface area contributed by atoms with Crippen LogP contribution in [0.15, 0.2) is 29.2 Å². The van der Waals surface area contributed by atoms with Gasteiger partial charge in [0.25, 0.3) is 17.5 Å². The van der Waals surface area contributed by atoms with E-state index in [1.165, 1.54) is 12.1 Å². The van der Waals surface area contributed by atoms with Gasteiger partial charge in [-0.3, -0.25) is 4.57 Å². The molecule has 1 aromatic carbocycles. The van der Waals surface area contributed by atoms with Gasteiger partial charge in [-0.2, -0.15) is 8.42 Å². The molecule has 0 saturated carbocycles. The van der Waals surface area contributed by atoms with Gasteiger partial charge in [-0.05, 0) is 60.6 Å². The Morgan fingerprint density at radius 2 is 1.54 bits per heavy atom. The lowest BCUT2D eigenvalue weighted by Gasteiger charge is -2.44. The van der Waals surface area contributed by atoms with Gasteiger partial charge in [-0.1, -0.05) is 17.7 Å². The summed E-state index contributed by atoms with van der Waals surface area (Å²) in [5.74, 6) is -3.66. The maximum atomic E-state index is 14.8. The van der Waals surface area contributed by atoms with Crippen molar-refractivity contribution >= 4 is 17.5 Å². The lowest BCUT2D eigenvalue weighted by atomic mass is 10.0. The van der Waals surface area contributed by atoms with Crippen molar-refractivity contribution in [1.29, 1.82) is 0 Å². The van der Waals surface area contributed by atoms with Crippen LogP contribution in [0.3, 0.4) is 0 Å². The van der Waals surface area contributed by atoms with E-state index >= 15 is 0 Å². The predicted octanol–water partition coefficient (Wildman–Crippen LogP) is 3.73. The highest BCUT2D eigenvalue weighted by molar-refractivity contribution is 7.87. The molecule has 0 amide bonds. The van der Waals surface area contributed by atoms with Crippen molar-refractivity contribution in [2.75, 3.05) is 19.8 Å². The van der Waals surface area contributed by atoms with Gasteiger partial charge in [0.2, 0.25) is 6.03 Å². The Balaban J connectivity index is 1.78. The van der Waals surface area contributed by atoms with Gasteiger partial charge in [-0.15, -0.1) is 0 Å². The van der Waals surface area contributed by atoms with E-state index in [1.807, 2.05) is 6.92 Å². The number of aryl methyl sites for hydroxylation is 1. The third-order valence-electron chi connectivity index (χ3n) is 6.25. The standard InChI is InChI=1S/C24H37O11PS/c1-8-28-22(29-9-2)36(25)21(35-37(26,27)16-12-10-15(3)11-13-16)20-19(32-24(6,7)33-20)18(34-36)17-14-30-23(4,5)31-17/h10-13,17-22H,8-9,14H2,1-7H3/t17-,18-,19+,20+,21-,36?/m1/s1. The molecular formula is C24H37O11PS.